The molecule has 0 fully saturated rings. The van der Waals surface area contributed by atoms with Crippen LogP contribution in [-0.4, -0.2) is 5.91 Å². The lowest BCUT2D eigenvalue weighted by Crippen LogP contribution is -2.27. The van der Waals surface area contributed by atoms with Crippen molar-refractivity contribution in [3.8, 4) is 0 Å². The molecule has 0 saturated heterocycles. The Morgan fingerprint density at radius 1 is 1.15 bits per heavy atom. The molecule has 2 aromatic carbocycles. The van der Waals surface area contributed by atoms with E-state index in [1.54, 1.807) is 6.07 Å². The summed E-state index contributed by atoms with van der Waals surface area (Å²) < 4.78 is 14.5. The van der Waals surface area contributed by atoms with Gasteiger partial charge < -0.3 is 5.32 Å². The minimum Gasteiger partial charge on any atom is -0.345 e. The van der Waals surface area contributed by atoms with Crippen molar-refractivity contribution in [1.82, 2.24) is 5.32 Å². The molecule has 1 atom stereocenters. The van der Waals surface area contributed by atoms with Crippen molar-refractivity contribution < 1.29 is 9.18 Å². The summed E-state index contributed by atoms with van der Waals surface area (Å²) in [4.78, 5) is 12.2. The number of carbonyl (C=O) groups excluding carboxylic acids is 1. The van der Waals surface area contributed by atoms with Crippen LogP contribution in [-0.2, 0) is 0 Å². The van der Waals surface area contributed by atoms with Crippen molar-refractivity contribution in [3.05, 3.63) is 68.4 Å². The molecule has 104 valence electrons. The Balaban J connectivity index is 2.20. The molecular weight excluding hydrogens is 389 g/mol. The molecule has 2 rings (SSSR count). The van der Waals surface area contributed by atoms with Gasteiger partial charge in [-0.2, -0.15) is 0 Å². The number of benzene rings is 2. The SMILES string of the molecule is CC(NC(=O)c1cccc(F)c1Br)c1ccccc1Br. The van der Waals surface area contributed by atoms with Crippen LogP contribution in [0.5, 0.6) is 0 Å². The number of halogens is 3. The molecule has 20 heavy (non-hydrogen) atoms. The van der Waals surface area contributed by atoms with E-state index in [0.717, 1.165) is 10.0 Å². The molecule has 0 bridgehead atoms. The lowest BCUT2D eigenvalue weighted by molar-refractivity contribution is 0.0938. The minimum atomic E-state index is -0.453. The van der Waals surface area contributed by atoms with E-state index in [2.05, 4.69) is 37.2 Å². The quantitative estimate of drug-likeness (QED) is 0.784. The topological polar surface area (TPSA) is 29.1 Å². The maximum Gasteiger partial charge on any atom is 0.253 e. The molecule has 0 radical (unpaired) electrons. The van der Waals surface area contributed by atoms with Crippen LogP contribution in [0, 0.1) is 5.82 Å². The highest BCUT2D eigenvalue weighted by Crippen LogP contribution is 2.24. The molecule has 1 amide bonds. The lowest BCUT2D eigenvalue weighted by atomic mass is 10.1. The van der Waals surface area contributed by atoms with E-state index in [1.165, 1.54) is 12.1 Å². The Morgan fingerprint density at radius 2 is 1.85 bits per heavy atom. The summed E-state index contributed by atoms with van der Waals surface area (Å²) in [6.45, 7) is 1.88. The number of nitrogens with one attached hydrogen (secondary N) is 1. The Hall–Kier alpha value is -1.20. The van der Waals surface area contributed by atoms with Gasteiger partial charge >= 0.3 is 0 Å². The van der Waals surface area contributed by atoms with Gasteiger partial charge in [0.05, 0.1) is 16.1 Å². The predicted octanol–water partition coefficient (Wildman–Crippen LogP) is 4.84. The zero-order chi connectivity index (χ0) is 14.7. The van der Waals surface area contributed by atoms with Gasteiger partial charge in [-0.3, -0.25) is 4.79 Å². The van der Waals surface area contributed by atoms with E-state index in [9.17, 15) is 9.18 Å². The van der Waals surface area contributed by atoms with Crippen molar-refractivity contribution in [2.75, 3.05) is 0 Å². The number of amides is 1. The van der Waals surface area contributed by atoms with Gasteiger partial charge in [-0.15, -0.1) is 0 Å². The van der Waals surface area contributed by atoms with Crippen LogP contribution < -0.4 is 5.32 Å². The maximum absolute atomic E-state index is 13.4. The van der Waals surface area contributed by atoms with Crippen molar-refractivity contribution >= 4 is 37.8 Å². The highest BCUT2D eigenvalue weighted by molar-refractivity contribution is 9.10. The van der Waals surface area contributed by atoms with Crippen LogP contribution in [0.4, 0.5) is 4.39 Å². The highest BCUT2D eigenvalue weighted by atomic mass is 79.9. The average Bonchev–Trinajstić information content (AvgIpc) is 2.42. The molecule has 0 aliphatic heterocycles. The Bertz CT molecular complexity index is 646. The van der Waals surface area contributed by atoms with Gasteiger partial charge in [0.25, 0.3) is 5.91 Å². The molecule has 0 aliphatic carbocycles. The molecular formula is C15H12Br2FNO. The summed E-state index contributed by atoms with van der Waals surface area (Å²) in [7, 11) is 0. The van der Waals surface area contributed by atoms with E-state index in [1.807, 2.05) is 31.2 Å². The van der Waals surface area contributed by atoms with Crippen LogP contribution in [0.1, 0.15) is 28.9 Å². The van der Waals surface area contributed by atoms with Crippen LogP contribution in [0.15, 0.2) is 51.4 Å². The van der Waals surface area contributed by atoms with E-state index < -0.39 is 5.82 Å². The maximum atomic E-state index is 13.4. The highest BCUT2D eigenvalue weighted by Gasteiger charge is 2.16. The summed E-state index contributed by atoms with van der Waals surface area (Å²) in [6.07, 6.45) is 0. The first-order valence-corrected chi connectivity index (χ1v) is 7.58. The first-order chi connectivity index (χ1) is 9.50. The molecule has 5 heteroatoms. The van der Waals surface area contributed by atoms with Crippen LogP contribution in [0.2, 0.25) is 0 Å². The first kappa shape index (κ1) is 15.2. The largest absolute Gasteiger partial charge is 0.345 e. The van der Waals surface area contributed by atoms with Crippen LogP contribution in [0.25, 0.3) is 0 Å². The smallest absolute Gasteiger partial charge is 0.253 e. The summed E-state index contributed by atoms with van der Waals surface area (Å²) in [5.74, 6) is -0.772. The second-order valence-electron chi connectivity index (χ2n) is 4.32. The molecule has 2 nitrogen and oxygen atoms in total. The number of hydrogen-bond acceptors (Lipinski definition) is 1. The second kappa shape index (κ2) is 6.50. The fourth-order valence-corrected chi connectivity index (χ4v) is 2.93. The lowest BCUT2D eigenvalue weighted by Gasteiger charge is -2.16. The Morgan fingerprint density at radius 3 is 2.55 bits per heavy atom. The molecule has 0 heterocycles. The zero-order valence-corrected chi connectivity index (χ0v) is 13.8. The van der Waals surface area contributed by atoms with Crippen molar-refractivity contribution in [2.45, 2.75) is 13.0 Å². The van der Waals surface area contributed by atoms with Crippen molar-refractivity contribution in [2.24, 2.45) is 0 Å². The fraction of sp³-hybridized carbons (Fsp3) is 0.133. The number of rotatable bonds is 3. The standard InChI is InChI=1S/C15H12Br2FNO/c1-9(10-5-2-3-7-12(10)16)19-15(20)11-6-4-8-13(18)14(11)17/h2-9H,1H3,(H,19,20). The molecule has 0 saturated carbocycles. The van der Waals surface area contributed by atoms with Crippen LogP contribution >= 0.6 is 31.9 Å². The summed E-state index contributed by atoms with van der Waals surface area (Å²) in [6, 6.07) is 11.9. The van der Waals surface area contributed by atoms with Gasteiger partial charge in [0.1, 0.15) is 5.82 Å². The van der Waals surface area contributed by atoms with Crippen molar-refractivity contribution in [3.63, 3.8) is 0 Å². The van der Waals surface area contributed by atoms with E-state index in [-0.39, 0.29) is 22.0 Å². The third-order valence-corrected chi connectivity index (χ3v) is 4.44. The molecule has 1 N–H and O–H groups in total. The predicted molar refractivity (Wildman–Crippen MR) is 84.1 cm³/mol. The monoisotopic (exact) mass is 399 g/mol. The fourth-order valence-electron chi connectivity index (χ4n) is 1.86. The van der Waals surface area contributed by atoms with Gasteiger partial charge in [0, 0.05) is 4.47 Å². The second-order valence-corrected chi connectivity index (χ2v) is 5.97. The third-order valence-electron chi connectivity index (χ3n) is 2.92. The van der Waals surface area contributed by atoms with Crippen LogP contribution in [0.3, 0.4) is 0 Å². The number of carbonyl (C=O) groups is 1. The van der Waals surface area contributed by atoms with Gasteiger partial charge in [0.2, 0.25) is 0 Å². The van der Waals surface area contributed by atoms with Crippen molar-refractivity contribution in [1.29, 1.82) is 0 Å². The van der Waals surface area contributed by atoms with Gasteiger partial charge in [-0.1, -0.05) is 40.2 Å². The number of hydrogen-bond donors (Lipinski definition) is 1. The average molecular weight is 401 g/mol. The Labute approximate surface area is 133 Å². The summed E-state index contributed by atoms with van der Waals surface area (Å²) >= 11 is 6.54. The molecule has 2 aromatic rings. The normalized spacial score (nSPS) is 12.0. The van der Waals surface area contributed by atoms with Gasteiger partial charge in [0.15, 0.2) is 0 Å². The third kappa shape index (κ3) is 3.27. The molecule has 0 aliphatic rings. The minimum absolute atomic E-state index is 0.178. The Kier molecular flexibility index (Phi) is 4.94. The van der Waals surface area contributed by atoms with E-state index >= 15 is 0 Å². The summed E-state index contributed by atoms with van der Waals surface area (Å²) in [5.41, 5.74) is 1.25. The van der Waals surface area contributed by atoms with E-state index in [0.29, 0.717) is 0 Å². The molecule has 1 unspecified atom stereocenters. The molecule has 0 spiro atoms. The first-order valence-electron chi connectivity index (χ1n) is 6.00. The van der Waals surface area contributed by atoms with E-state index in [4.69, 9.17) is 0 Å². The van der Waals surface area contributed by atoms with Gasteiger partial charge in [-0.25, -0.2) is 4.39 Å². The van der Waals surface area contributed by atoms with Gasteiger partial charge in [-0.05, 0) is 46.6 Å². The summed E-state index contributed by atoms with van der Waals surface area (Å²) in [5, 5.41) is 2.86. The zero-order valence-electron chi connectivity index (χ0n) is 10.7. The molecule has 0 aromatic heterocycles.